The fraction of sp³-hybridized carbons (Fsp3) is 0.571. The molecule has 0 saturated heterocycles. The number of aryl methyl sites for hydroxylation is 1. The molecule has 1 aliphatic rings. The second-order valence-corrected chi connectivity index (χ2v) is 6.20. The van der Waals surface area contributed by atoms with E-state index in [-0.39, 0.29) is 12.3 Å². The van der Waals surface area contributed by atoms with Gasteiger partial charge in [-0.3, -0.25) is 4.79 Å². The minimum absolute atomic E-state index is 0.110. The molecule has 102 valence electrons. The summed E-state index contributed by atoms with van der Waals surface area (Å²) < 4.78 is 0. The van der Waals surface area contributed by atoms with Crippen LogP contribution in [-0.4, -0.2) is 11.8 Å². The summed E-state index contributed by atoms with van der Waals surface area (Å²) in [7, 11) is 0. The highest BCUT2D eigenvalue weighted by atomic mass is 35.5. The number of alkyl halides is 1. The Morgan fingerprint density at radius 3 is 2.74 bits per heavy atom. The van der Waals surface area contributed by atoms with Crippen molar-refractivity contribution in [2.45, 2.75) is 44.9 Å². The summed E-state index contributed by atoms with van der Waals surface area (Å²) >= 11 is 7.12. The van der Waals surface area contributed by atoms with E-state index in [9.17, 15) is 10.1 Å². The molecular weight excluding hydrogens is 280 g/mol. The predicted molar refractivity (Wildman–Crippen MR) is 78.9 cm³/mol. The van der Waals surface area contributed by atoms with Crippen LogP contribution in [0.25, 0.3) is 0 Å². The number of hydrogen-bond acceptors (Lipinski definition) is 3. The number of nitrogens with one attached hydrogen (secondary N) is 1. The van der Waals surface area contributed by atoms with Gasteiger partial charge in [0.25, 0.3) is 0 Å². The lowest BCUT2D eigenvalue weighted by atomic mass is 9.97. The van der Waals surface area contributed by atoms with Gasteiger partial charge in [0.2, 0.25) is 5.91 Å². The van der Waals surface area contributed by atoms with Crippen LogP contribution in [0.5, 0.6) is 0 Å². The van der Waals surface area contributed by atoms with E-state index in [0.717, 1.165) is 24.8 Å². The molecule has 1 heterocycles. The maximum absolute atomic E-state index is 11.6. The van der Waals surface area contributed by atoms with Crippen LogP contribution in [0.15, 0.2) is 0 Å². The van der Waals surface area contributed by atoms with Crippen molar-refractivity contribution >= 4 is 33.8 Å². The zero-order valence-corrected chi connectivity index (χ0v) is 12.4. The Morgan fingerprint density at radius 2 is 2.05 bits per heavy atom. The number of thiophene rings is 1. The second kappa shape index (κ2) is 6.93. The fourth-order valence-corrected chi connectivity index (χ4v) is 3.83. The Balaban J connectivity index is 2.26. The normalized spacial score (nSPS) is 14.9. The molecule has 5 heteroatoms. The van der Waals surface area contributed by atoms with Crippen molar-refractivity contribution in [3.05, 3.63) is 16.0 Å². The predicted octanol–water partition coefficient (Wildman–Crippen LogP) is 3.85. The molecule has 19 heavy (non-hydrogen) atoms. The minimum atomic E-state index is -0.110. The Labute approximate surface area is 122 Å². The van der Waals surface area contributed by atoms with Gasteiger partial charge in [0.15, 0.2) is 0 Å². The third-order valence-electron chi connectivity index (χ3n) is 3.36. The summed E-state index contributed by atoms with van der Waals surface area (Å²) in [6, 6.07) is 2.26. The number of anilines is 1. The smallest absolute Gasteiger partial charge is 0.226 e. The number of nitriles is 1. The lowest BCUT2D eigenvalue weighted by Gasteiger charge is -2.08. The van der Waals surface area contributed by atoms with Gasteiger partial charge < -0.3 is 5.32 Å². The number of hydrogen-bond donors (Lipinski definition) is 1. The number of rotatable bonds is 3. The average molecular weight is 297 g/mol. The average Bonchev–Trinajstić information content (AvgIpc) is 2.66. The van der Waals surface area contributed by atoms with Gasteiger partial charge in [-0.1, -0.05) is 12.8 Å². The van der Waals surface area contributed by atoms with Crippen LogP contribution in [0.4, 0.5) is 5.00 Å². The van der Waals surface area contributed by atoms with E-state index < -0.39 is 0 Å². The first-order valence-electron chi connectivity index (χ1n) is 6.66. The van der Waals surface area contributed by atoms with Crippen molar-refractivity contribution in [2.24, 2.45) is 0 Å². The number of carbonyl (C=O) groups excluding carboxylic acids is 1. The van der Waals surface area contributed by atoms with Crippen molar-refractivity contribution in [1.29, 1.82) is 5.26 Å². The lowest BCUT2D eigenvalue weighted by Crippen LogP contribution is -2.11. The van der Waals surface area contributed by atoms with Crippen LogP contribution < -0.4 is 5.32 Å². The Hall–Kier alpha value is -1.05. The van der Waals surface area contributed by atoms with Gasteiger partial charge in [0.05, 0.1) is 5.56 Å². The molecule has 0 unspecified atom stereocenters. The largest absolute Gasteiger partial charge is 0.317 e. The highest BCUT2D eigenvalue weighted by Crippen LogP contribution is 2.36. The van der Waals surface area contributed by atoms with Crippen molar-refractivity contribution < 1.29 is 4.79 Å². The van der Waals surface area contributed by atoms with Crippen LogP contribution in [0, 0.1) is 11.3 Å². The van der Waals surface area contributed by atoms with Gasteiger partial charge in [0, 0.05) is 17.2 Å². The third-order valence-corrected chi connectivity index (χ3v) is 4.75. The van der Waals surface area contributed by atoms with Gasteiger partial charge in [-0.2, -0.15) is 5.26 Å². The van der Waals surface area contributed by atoms with Gasteiger partial charge in [0.1, 0.15) is 11.1 Å². The van der Waals surface area contributed by atoms with Gasteiger partial charge in [-0.25, -0.2) is 0 Å². The zero-order chi connectivity index (χ0) is 13.7. The molecule has 0 bridgehead atoms. The number of halogens is 1. The first-order valence-corrected chi connectivity index (χ1v) is 8.01. The Kier molecular flexibility index (Phi) is 5.24. The number of nitrogens with zero attached hydrogens (tertiary/aromatic N) is 1. The summed E-state index contributed by atoms with van der Waals surface area (Å²) in [5.41, 5.74) is 1.83. The summed E-state index contributed by atoms with van der Waals surface area (Å²) in [5.74, 6) is 0.194. The molecule has 1 aliphatic carbocycles. The molecular formula is C14H17ClN2OS. The van der Waals surface area contributed by atoms with Gasteiger partial charge >= 0.3 is 0 Å². The monoisotopic (exact) mass is 296 g/mol. The number of amides is 1. The van der Waals surface area contributed by atoms with Crippen LogP contribution in [0.2, 0.25) is 0 Å². The molecule has 2 rings (SSSR count). The highest BCUT2D eigenvalue weighted by Gasteiger charge is 2.20. The molecule has 0 radical (unpaired) electrons. The molecule has 3 nitrogen and oxygen atoms in total. The van der Waals surface area contributed by atoms with Crippen molar-refractivity contribution in [1.82, 2.24) is 0 Å². The first-order chi connectivity index (χ1) is 9.26. The van der Waals surface area contributed by atoms with Crippen LogP contribution in [-0.2, 0) is 17.6 Å². The van der Waals surface area contributed by atoms with E-state index in [2.05, 4.69) is 11.4 Å². The molecule has 1 aromatic heterocycles. The summed E-state index contributed by atoms with van der Waals surface area (Å²) in [5, 5.41) is 12.9. The summed E-state index contributed by atoms with van der Waals surface area (Å²) in [4.78, 5) is 12.9. The van der Waals surface area contributed by atoms with Crippen LogP contribution in [0.1, 0.15) is 48.1 Å². The molecule has 1 N–H and O–H groups in total. The molecule has 0 aliphatic heterocycles. The Bertz CT molecular complexity index is 504. The van der Waals surface area contributed by atoms with Crippen molar-refractivity contribution in [2.75, 3.05) is 11.2 Å². The topological polar surface area (TPSA) is 52.9 Å². The van der Waals surface area contributed by atoms with E-state index >= 15 is 0 Å². The Morgan fingerprint density at radius 1 is 1.32 bits per heavy atom. The van der Waals surface area contributed by atoms with Gasteiger partial charge in [-0.15, -0.1) is 22.9 Å². The fourth-order valence-electron chi connectivity index (χ4n) is 2.40. The summed E-state index contributed by atoms with van der Waals surface area (Å²) in [6.07, 6.45) is 7.07. The maximum Gasteiger partial charge on any atom is 0.226 e. The van der Waals surface area contributed by atoms with E-state index in [1.807, 2.05) is 0 Å². The molecule has 1 amide bonds. The van der Waals surface area contributed by atoms with E-state index in [1.54, 1.807) is 11.3 Å². The van der Waals surface area contributed by atoms with E-state index in [1.165, 1.54) is 24.1 Å². The molecule has 1 aromatic rings. The van der Waals surface area contributed by atoms with E-state index in [0.29, 0.717) is 16.4 Å². The van der Waals surface area contributed by atoms with Gasteiger partial charge in [-0.05, 0) is 31.2 Å². The minimum Gasteiger partial charge on any atom is -0.317 e. The molecule has 0 spiro atoms. The summed E-state index contributed by atoms with van der Waals surface area (Å²) in [6.45, 7) is 0. The zero-order valence-electron chi connectivity index (χ0n) is 10.8. The number of fused-ring (bicyclic) bond motifs is 1. The van der Waals surface area contributed by atoms with Crippen LogP contribution in [0.3, 0.4) is 0 Å². The van der Waals surface area contributed by atoms with E-state index in [4.69, 9.17) is 11.6 Å². The van der Waals surface area contributed by atoms with Crippen molar-refractivity contribution in [3.63, 3.8) is 0 Å². The van der Waals surface area contributed by atoms with Crippen molar-refractivity contribution in [3.8, 4) is 6.07 Å². The van der Waals surface area contributed by atoms with Crippen LogP contribution >= 0.6 is 22.9 Å². The standard InChI is InChI=1S/C14H17ClN2OS/c15-8-7-13(18)17-14-11(9-16)10-5-3-1-2-4-6-12(10)19-14/h1-8H2,(H,17,18). The molecule has 0 atom stereocenters. The first kappa shape index (κ1) is 14.4. The quantitative estimate of drug-likeness (QED) is 0.862. The molecule has 0 saturated carbocycles. The third kappa shape index (κ3) is 3.49. The SMILES string of the molecule is N#Cc1c(NC(=O)CCCl)sc2c1CCCCCC2. The maximum atomic E-state index is 11.6. The number of carbonyl (C=O) groups is 1. The molecule has 0 fully saturated rings. The molecule has 0 aromatic carbocycles. The highest BCUT2D eigenvalue weighted by molar-refractivity contribution is 7.16. The lowest BCUT2D eigenvalue weighted by molar-refractivity contribution is -0.115. The second-order valence-electron chi connectivity index (χ2n) is 4.72.